The van der Waals surface area contributed by atoms with Crippen LogP contribution in [0, 0.1) is 25.7 Å². The van der Waals surface area contributed by atoms with E-state index in [-0.39, 0.29) is 43.4 Å². The molecule has 1 aliphatic heterocycles. The Bertz CT molecular complexity index is 1760. The van der Waals surface area contributed by atoms with Crippen LogP contribution < -0.4 is 9.47 Å². The van der Waals surface area contributed by atoms with Crippen LogP contribution in [0.1, 0.15) is 53.7 Å². The fourth-order valence-corrected chi connectivity index (χ4v) is 7.93. The second kappa shape index (κ2) is 13.9. The molecule has 1 aliphatic rings. The van der Waals surface area contributed by atoms with Gasteiger partial charge in [0.15, 0.2) is 9.84 Å². The van der Waals surface area contributed by atoms with Crippen LogP contribution in [0.15, 0.2) is 60.7 Å². The van der Waals surface area contributed by atoms with Gasteiger partial charge in [-0.2, -0.15) is 13.5 Å². The zero-order valence-corrected chi connectivity index (χ0v) is 27.1. The first kappa shape index (κ1) is 32.5. The predicted molar refractivity (Wildman–Crippen MR) is 179 cm³/mol. The van der Waals surface area contributed by atoms with Crippen LogP contribution in [0.3, 0.4) is 0 Å². The molecule has 6 nitrogen and oxygen atoms in total. The van der Waals surface area contributed by atoms with Gasteiger partial charge in [0.1, 0.15) is 24.2 Å². The van der Waals surface area contributed by atoms with E-state index >= 15 is 0 Å². The van der Waals surface area contributed by atoms with E-state index in [4.69, 9.17) is 9.47 Å². The normalized spacial score (nSPS) is 15.1. The fraction of sp³-hybridized carbons (Fsp3) is 0.324. The fourth-order valence-electron chi connectivity index (χ4n) is 5.42. The highest BCUT2D eigenvalue weighted by atomic mass is 32.2. The lowest BCUT2D eigenvalue weighted by atomic mass is 9.96. The number of thiophene rings is 1. The predicted octanol–water partition coefficient (Wildman–Crippen LogP) is 7.41. The van der Waals surface area contributed by atoms with Crippen LogP contribution in [0.5, 0.6) is 11.5 Å². The Hall–Kier alpha value is -3.45. The molecule has 0 aliphatic carbocycles. The van der Waals surface area contributed by atoms with Crippen LogP contribution in [0.2, 0.25) is 0 Å². The number of benzene rings is 3. The van der Waals surface area contributed by atoms with Crippen LogP contribution in [-0.2, 0) is 21.2 Å². The maximum atomic E-state index is 11.8. The second-order valence-corrected chi connectivity index (χ2v) is 14.3. The molecule has 226 valence electrons. The molecule has 0 radical (unpaired) electrons. The number of fused-ring (bicyclic) bond motifs is 1. The molecule has 2 heterocycles. The van der Waals surface area contributed by atoms with E-state index in [0.717, 1.165) is 28.0 Å². The minimum Gasteiger partial charge on any atom is -0.490 e. The Morgan fingerprint density at radius 3 is 2.37 bits per heavy atom. The summed E-state index contributed by atoms with van der Waals surface area (Å²) in [5, 5.41) is 10.4. The summed E-state index contributed by atoms with van der Waals surface area (Å²) in [6, 6.07) is 20.0. The van der Waals surface area contributed by atoms with Gasteiger partial charge in [-0.25, -0.2) is 8.42 Å². The highest BCUT2D eigenvalue weighted by molar-refractivity contribution is 7.91. The van der Waals surface area contributed by atoms with E-state index in [9.17, 15) is 18.3 Å². The lowest BCUT2D eigenvalue weighted by Crippen LogP contribution is -2.30. The van der Waals surface area contributed by atoms with Crippen molar-refractivity contribution in [2.45, 2.75) is 58.7 Å². The highest BCUT2D eigenvalue weighted by Gasteiger charge is 2.25. The number of carboxylic acid groups (broad SMARTS) is 1. The summed E-state index contributed by atoms with van der Waals surface area (Å²) in [6.07, 6.45) is 0.958. The molecule has 1 saturated heterocycles. The summed E-state index contributed by atoms with van der Waals surface area (Å²) in [6.45, 7) is 6.34. The quantitative estimate of drug-likeness (QED) is 0.193. The number of aliphatic carboxylic acids is 1. The van der Waals surface area contributed by atoms with E-state index in [1.54, 1.807) is 18.3 Å². The lowest BCUT2D eigenvalue weighted by molar-refractivity contribution is -0.137. The monoisotopic (exact) mass is 636 g/mol. The van der Waals surface area contributed by atoms with Crippen LogP contribution in [0.25, 0.3) is 21.2 Å². The van der Waals surface area contributed by atoms with Gasteiger partial charge in [-0.3, -0.25) is 4.79 Å². The Morgan fingerprint density at radius 2 is 1.72 bits per heavy atom. The number of hydrogen-bond acceptors (Lipinski definition) is 6. The summed E-state index contributed by atoms with van der Waals surface area (Å²) in [5.74, 6) is 6.43. The van der Waals surface area contributed by atoms with E-state index in [1.807, 2.05) is 36.4 Å². The first-order valence-electron chi connectivity index (χ1n) is 14.0. The molecule has 0 bridgehead atoms. The first-order valence-corrected chi connectivity index (χ1v) is 16.6. The summed E-state index contributed by atoms with van der Waals surface area (Å²) >= 11 is 1.77. The van der Waals surface area contributed by atoms with E-state index in [1.165, 1.54) is 20.5 Å². The average Bonchev–Trinajstić information content (AvgIpc) is 3.28. The molecule has 1 aromatic heterocycles. The van der Waals surface area contributed by atoms with Gasteiger partial charge in [0.05, 0.1) is 23.8 Å². The van der Waals surface area contributed by atoms with Crippen LogP contribution in [-0.4, -0.2) is 37.1 Å². The second-order valence-electron chi connectivity index (χ2n) is 10.7. The van der Waals surface area contributed by atoms with E-state index < -0.39 is 15.8 Å². The summed E-state index contributed by atoms with van der Waals surface area (Å²) in [5.41, 5.74) is 5.37. The molecule has 5 rings (SSSR count). The Morgan fingerprint density at radius 1 is 1.02 bits per heavy atom. The van der Waals surface area contributed by atoms with Gasteiger partial charge >= 0.3 is 5.97 Å². The third kappa shape index (κ3) is 7.94. The number of hydrogen-bond donors (Lipinski definition) is 1. The smallest absolute Gasteiger partial charge is 0.304 e. The van der Waals surface area contributed by atoms with Crippen LogP contribution in [0.4, 0.5) is 0 Å². The molecule has 9 heteroatoms. The lowest BCUT2D eigenvalue weighted by Gasteiger charge is -2.23. The van der Waals surface area contributed by atoms with Crippen molar-refractivity contribution in [2.75, 3.05) is 11.5 Å². The van der Waals surface area contributed by atoms with Crippen molar-refractivity contribution in [2.24, 2.45) is 0 Å². The summed E-state index contributed by atoms with van der Waals surface area (Å²) < 4.78 is 37.0. The van der Waals surface area contributed by atoms with Crippen molar-refractivity contribution in [1.82, 2.24) is 0 Å². The van der Waals surface area contributed by atoms with Gasteiger partial charge in [-0.15, -0.1) is 17.3 Å². The maximum absolute atomic E-state index is 11.8. The third-order valence-corrected chi connectivity index (χ3v) is 10.4. The van der Waals surface area contributed by atoms with Crippen LogP contribution >= 0.6 is 24.8 Å². The van der Waals surface area contributed by atoms with Crippen molar-refractivity contribution in [3.05, 3.63) is 82.2 Å². The molecular formula is C34H36O6S3. The molecule has 0 amide bonds. The third-order valence-electron chi connectivity index (χ3n) is 7.59. The largest absolute Gasteiger partial charge is 0.490 e. The number of rotatable bonds is 9. The Balaban J connectivity index is 0.00000423. The topological polar surface area (TPSA) is 89.9 Å². The zero-order valence-electron chi connectivity index (χ0n) is 24.5. The van der Waals surface area contributed by atoms with E-state index in [0.29, 0.717) is 25.2 Å². The Kier molecular flexibility index (Phi) is 10.5. The standard InChI is InChI=1S/C34H34O6S2.H2S/c1-4-5-26(20-33(35)36)25-7-9-27(10-8-25)39-21-24-6-13-32-31(19-24)34(23(3)41-32)30-12-11-29(18-22(30)2)40-28-14-16-42(37,38)17-15-28;/h6-13,18-19,26,28H,14-17,20-21H2,1-3H3,(H,35,36);1H2/t26-;/m0./s1. The maximum Gasteiger partial charge on any atom is 0.304 e. The van der Waals surface area contributed by atoms with Crippen molar-refractivity contribution in [1.29, 1.82) is 0 Å². The molecule has 0 spiro atoms. The average molecular weight is 637 g/mol. The molecule has 0 saturated carbocycles. The highest BCUT2D eigenvalue weighted by Crippen LogP contribution is 2.41. The molecule has 43 heavy (non-hydrogen) atoms. The van der Waals surface area contributed by atoms with Crippen molar-refractivity contribution < 1.29 is 27.8 Å². The van der Waals surface area contributed by atoms with Gasteiger partial charge in [0.2, 0.25) is 0 Å². The SMILES string of the molecule is CC#C[C@@H](CC(=O)O)c1ccc(OCc2ccc3sc(C)c(-c4ccc(OC5CCS(=O)(=O)CC5)cc4C)c3c2)cc1.S. The molecule has 3 aromatic carbocycles. The minimum atomic E-state index is -2.92. The van der Waals surface area contributed by atoms with Gasteiger partial charge in [0, 0.05) is 20.5 Å². The van der Waals surface area contributed by atoms with Gasteiger partial charge in [-0.05, 0) is 92.3 Å². The summed E-state index contributed by atoms with van der Waals surface area (Å²) in [4.78, 5) is 12.4. The summed E-state index contributed by atoms with van der Waals surface area (Å²) in [7, 11) is -2.92. The number of ether oxygens (including phenoxy) is 2. The van der Waals surface area contributed by atoms with E-state index in [2.05, 4.69) is 50.0 Å². The van der Waals surface area contributed by atoms with Crippen molar-refractivity contribution in [3.8, 4) is 34.5 Å². The number of aryl methyl sites for hydroxylation is 2. The molecule has 0 unspecified atom stereocenters. The zero-order chi connectivity index (χ0) is 29.9. The number of carbonyl (C=O) groups is 1. The minimum absolute atomic E-state index is 0. The van der Waals surface area contributed by atoms with Gasteiger partial charge < -0.3 is 14.6 Å². The number of sulfone groups is 1. The first-order chi connectivity index (χ1) is 20.1. The van der Waals surface area contributed by atoms with Crippen molar-refractivity contribution in [3.63, 3.8) is 0 Å². The Labute approximate surface area is 264 Å². The van der Waals surface area contributed by atoms with Gasteiger partial charge in [0.25, 0.3) is 0 Å². The molecular weight excluding hydrogens is 601 g/mol. The number of carboxylic acids is 1. The molecule has 4 aromatic rings. The van der Waals surface area contributed by atoms with Crippen molar-refractivity contribution >= 4 is 50.7 Å². The molecule has 1 fully saturated rings. The molecule has 1 N–H and O–H groups in total. The van der Waals surface area contributed by atoms with Gasteiger partial charge in [-0.1, -0.05) is 30.2 Å². The molecule has 1 atom stereocenters.